The molecule has 0 unspecified atom stereocenters. The van der Waals surface area contributed by atoms with Crippen LogP contribution >= 0.6 is 12.2 Å². The van der Waals surface area contributed by atoms with Crippen LogP contribution in [0.15, 0.2) is 12.7 Å². The first-order chi connectivity index (χ1) is 5.83. The third-order valence-electron chi connectivity index (χ3n) is 1.31. The Morgan fingerprint density at radius 1 is 1.69 bits per heavy atom. The molecule has 0 amide bonds. The van der Waals surface area contributed by atoms with Gasteiger partial charge in [-0.15, -0.1) is 6.58 Å². The first-order valence-corrected chi connectivity index (χ1v) is 5.77. The topological polar surface area (TPSA) is 63.4 Å². The lowest BCUT2D eigenvalue weighted by atomic mass is 10.4. The molecule has 0 fully saturated rings. The molecule has 0 aromatic heterocycles. The number of rotatable bonds is 4. The highest BCUT2D eigenvalue weighted by Crippen LogP contribution is 2.07. The summed E-state index contributed by atoms with van der Waals surface area (Å²) in [5.41, 5.74) is 5.30. The second kappa shape index (κ2) is 4.57. The molecule has 0 aliphatic heterocycles. The highest BCUT2D eigenvalue weighted by molar-refractivity contribution is 7.91. The normalized spacial score (nSPS) is 11.3. The van der Waals surface area contributed by atoms with E-state index in [9.17, 15) is 8.42 Å². The molecule has 0 atom stereocenters. The van der Waals surface area contributed by atoms with Crippen LogP contribution in [0, 0.1) is 0 Å². The van der Waals surface area contributed by atoms with E-state index in [-0.39, 0.29) is 16.9 Å². The quantitative estimate of drug-likeness (QED) is 0.554. The van der Waals surface area contributed by atoms with Crippen LogP contribution in [0.5, 0.6) is 0 Å². The average Bonchev–Trinajstić information content (AvgIpc) is 1.82. The fraction of sp³-hybridized carbons (Fsp3) is 0.571. The highest BCUT2D eigenvalue weighted by Gasteiger charge is 2.24. The molecule has 4 nitrogen and oxygen atoms in total. The van der Waals surface area contributed by atoms with E-state index < -0.39 is 10.0 Å². The summed E-state index contributed by atoms with van der Waals surface area (Å²) in [7, 11) is -3.42. The van der Waals surface area contributed by atoms with Gasteiger partial charge >= 0.3 is 0 Å². The summed E-state index contributed by atoms with van der Waals surface area (Å²) in [6, 6.07) is -0.262. The van der Waals surface area contributed by atoms with Gasteiger partial charge in [-0.2, -0.15) is 0 Å². The van der Waals surface area contributed by atoms with Crippen molar-refractivity contribution in [3.05, 3.63) is 12.7 Å². The first-order valence-electron chi connectivity index (χ1n) is 3.75. The SMILES string of the molecule is C=CCS(=O)(=O)N(C(N)=S)C(C)C. The number of sulfonamides is 1. The van der Waals surface area contributed by atoms with Crippen LogP contribution in [0.3, 0.4) is 0 Å². The lowest BCUT2D eigenvalue weighted by Gasteiger charge is -2.25. The van der Waals surface area contributed by atoms with E-state index in [2.05, 4.69) is 18.8 Å². The van der Waals surface area contributed by atoms with Crippen LogP contribution in [0.2, 0.25) is 0 Å². The van der Waals surface area contributed by atoms with Crippen molar-refractivity contribution in [3.8, 4) is 0 Å². The largest absolute Gasteiger partial charge is 0.375 e. The molecule has 13 heavy (non-hydrogen) atoms. The Hall–Kier alpha value is -0.620. The van der Waals surface area contributed by atoms with Crippen LogP contribution < -0.4 is 5.73 Å². The zero-order valence-electron chi connectivity index (χ0n) is 7.73. The third kappa shape index (κ3) is 3.31. The predicted octanol–water partition coefficient (Wildman–Crippen LogP) is 0.456. The summed E-state index contributed by atoms with van der Waals surface area (Å²) < 4.78 is 24.0. The summed E-state index contributed by atoms with van der Waals surface area (Å²) in [4.78, 5) is 0. The molecular weight excluding hydrogens is 208 g/mol. The molecule has 76 valence electrons. The molecule has 0 saturated heterocycles. The molecule has 0 bridgehead atoms. The maximum Gasteiger partial charge on any atom is 0.240 e. The average molecular weight is 222 g/mol. The lowest BCUT2D eigenvalue weighted by molar-refractivity contribution is 0.475. The maximum absolute atomic E-state index is 11.5. The lowest BCUT2D eigenvalue weighted by Crippen LogP contribution is -2.45. The molecule has 0 rings (SSSR count). The van der Waals surface area contributed by atoms with Crippen molar-refractivity contribution in [2.75, 3.05) is 5.75 Å². The smallest absolute Gasteiger partial charge is 0.240 e. The van der Waals surface area contributed by atoms with Crippen molar-refractivity contribution in [1.82, 2.24) is 4.31 Å². The fourth-order valence-corrected chi connectivity index (χ4v) is 2.87. The number of nitrogens with zero attached hydrogens (tertiary/aromatic N) is 1. The first kappa shape index (κ1) is 12.4. The van der Waals surface area contributed by atoms with Crippen molar-refractivity contribution in [2.24, 2.45) is 5.73 Å². The summed E-state index contributed by atoms with van der Waals surface area (Å²) in [6.45, 7) is 6.77. The zero-order chi connectivity index (χ0) is 10.6. The Morgan fingerprint density at radius 3 is 2.38 bits per heavy atom. The van der Waals surface area contributed by atoms with Gasteiger partial charge in [0, 0.05) is 6.04 Å². The van der Waals surface area contributed by atoms with Gasteiger partial charge in [0.1, 0.15) is 0 Å². The van der Waals surface area contributed by atoms with Gasteiger partial charge in [0.15, 0.2) is 5.11 Å². The Morgan fingerprint density at radius 2 is 2.15 bits per heavy atom. The van der Waals surface area contributed by atoms with E-state index >= 15 is 0 Å². The van der Waals surface area contributed by atoms with Crippen molar-refractivity contribution < 1.29 is 8.42 Å². The minimum absolute atomic E-state index is 0.128. The van der Waals surface area contributed by atoms with Gasteiger partial charge in [-0.1, -0.05) is 6.08 Å². The van der Waals surface area contributed by atoms with Gasteiger partial charge in [-0.3, -0.25) is 0 Å². The second-order valence-corrected chi connectivity index (χ2v) is 5.10. The van der Waals surface area contributed by atoms with Crippen molar-refractivity contribution in [3.63, 3.8) is 0 Å². The Kier molecular flexibility index (Phi) is 4.35. The van der Waals surface area contributed by atoms with Crippen LogP contribution in [-0.2, 0) is 10.0 Å². The van der Waals surface area contributed by atoms with E-state index in [1.54, 1.807) is 13.8 Å². The van der Waals surface area contributed by atoms with E-state index in [4.69, 9.17) is 5.73 Å². The Bertz CT molecular complexity index is 296. The number of nitrogens with two attached hydrogens (primary N) is 1. The van der Waals surface area contributed by atoms with Gasteiger partial charge in [-0.05, 0) is 26.1 Å². The molecule has 2 N–H and O–H groups in total. The monoisotopic (exact) mass is 222 g/mol. The van der Waals surface area contributed by atoms with Gasteiger partial charge in [0.25, 0.3) is 0 Å². The maximum atomic E-state index is 11.5. The minimum atomic E-state index is -3.42. The highest BCUT2D eigenvalue weighted by atomic mass is 32.2. The summed E-state index contributed by atoms with van der Waals surface area (Å²) in [5, 5.41) is -0.128. The van der Waals surface area contributed by atoms with Crippen LogP contribution in [0.25, 0.3) is 0 Å². The fourth-order valence-electron chi connectivity index (χ4n) is 0.942. The zero-order valence-corrected chi connectivity index (χ0v) is 9.36. The molecule has 0 radical (unpaired) electrons. The molecule has 0 aromatic carbocycles. The van der Waals surface area contributed by atoms with E-state index in [0.29, 0.717) is 0 Å². The third-order valence-corrected chi connectivity index (χ3v) is 3.50. The number of hydrogen-bond donors (Lipinski definition) is 1. The van der Waals surface area contributed by atoms with Crippen molar-refractivity contribution >= 4 is 27.4 Å². The Labute approximate surface area is 84.5 Å². The summed E-state index contributed by atoms with van der Waals surface area (Å²) in [6.07, 6.45) is 1.31. The standard InChI is InChI=1S/C7H14N2O2S2/c1-4-5-13(10,11)9(6(2)3)7(8)12/h4,6H,1,5H2,2-3H3,(H2,8,12). The van der Waals surface area contributed by atoms with Crippen molar-refractivity contribution in [2.45, 2.75) is 19.9 Å². The van der Waals surface area contributed by atoms with Crippen molar-refractivity contribution in [1.29, 1.82) is 0 Å². The predicted molar refractivity (Wildman–Crippen MR) is 57.7 cm³/mol. The van der Waals surface area contributed by atoms with Gasteiger partial charge in [0.05, 0.1) is 5.75 Å². The second-order valence-electron chi connectivity index (χ2n) is 2.80. The Balaban J connectivity index is 4.95. The molecule has 0 spiro atoms. The number of hydrogen-bond acceptors (Lipinski definition) is 3. The van der Waals surface area contributed by atoms with Crippen LogP contribution in [0.4, 0.5) is 0 Å². The van der Waals surface area contributed by atoms with Gasteiger partial charge in [-0.25, -0.2) is 12.7 Å². The molecule has 6 heteroatoms. The molecule has 0 aromatic rings. The van der Waals surface area contributed by atoms with E-state index in [0.717, 1.165) is 4.31 Å². The van der Waals surface area contributed by atoms with Gasteiger partial charge in [0.2, 0.25) is 10.0 Å². The molecule has 0 aliphatic carbocycles. The molecule has 0 aliphatic rings. The minimum Gasteiger partial charge on any atom is -0.375 e. The molecular formula is C7H14N2O2S2. The van der Waals surface area contributed by atoms with Crippen LogP contribution in [0.1, 0.15) is 13.8 Å². The number of thiocarbonyl (C=S) groups is 1. The van der Waals surface area contributed by atoms with E-state index in [1.807, 2.05) is 0 Å². The molecule has 0 heterocycles. The molecule has 0 saturated carbocycles. The summed E-state index contributed by atoms with van der Waals surface area (Å²) in [5.74, 6) is -0.150. The van der Waals surface area contributed by atoms with E-state index in [1.165, 1.54) is 6.08 Å². The van der Waals surface area contributed by atoms with Crippen LogP contribution in [-0.4, -0.2) is 29.6 Å². The van der Waals surface area contributed by atoms with Gasteiger partial charge < -0.3 is 5.73 Å². The summed E-state index contributed by atoms with van der Waals surface area (Å²) >= 11 is 4.65.